The number of hydrogen-bond acceptors (Lipinski definition) is 2. The minimum atomic E-state index is -0.739. The van der Waals surface area contributed by atoms with Gasteiger partial charge in [0, 0.05) is 66.1 Å². The van der Waals surface area contributed by atoms with Crippen molar-refractivity contribution in [2.24, 2.45) is 0 Å². The number of hydrogen-bond donors (Lipinski definition) is 0. The van der Waals surface area contributed by atoms with Gasteiger partial charge >= 0.3 is 0 Å². The first kappa shape index (κ1) is 86.9. The Morgan fingerprint density at radius 3 is 1.22 bits per heavy atom. The summed E-state index contributed by atoms with van der Waals surface area (Å²) in [7, 11) is 0. The van der Waals surface area contributed by atoms with Crippen LogP contribution in [0.3, 0.4) is 0 Å². The van der Waals surface area contributed by atoms with Crippen LogP contribution in [0.5, 0.6) is 0 Å². The fourth-order valence-corrected chi connectivity index (χ4v) is 27.3. The molecule has 0 aliphatic heterocycles. The lowest BCUT2D eigenvalue weighted by Gasteiger charge is -2.37. The van der Waals surface area contributed by atoms with E-state index in [0.29, 0.717) is 0 Å². The molecule has 1 spiro atoms. The Labute approximate surface area is 855 Å². The van der Waals surface area contributed by atoms with Crippen LogP contribution in [0.25, 0.3) is 138 Å². The predicted molar refractivity (Wildman–Crippen MR) is 612 cm³/mol. The van der Waals surface area contributed by atoms with E-state index in [1.54, 1.807) is 0 Å². The molecule has 4 heteroatoms. The van der Waals surface area contributed by atoms with E-state index in [1.165, 1.54) is 205 Å². The van der Waals surface area contributed by atoms with Crippen molar-refractivity contribution >= 4 is 77.6 Å². The van der Waals surface area contributed by atoms with Crippen LogP contribution in [0, 0.1) is 0 Å². The molecule has 698 valence electrons. The minimum absolute atomic E-state index is 0.0926. The fraction of sp³-hybridized carbons (Fsp3) is 0.127. The summed E-state index contributed by atoms with van der Waals surface area (Å²) in [5, 5.41) is 4.94. The molecule has 20 aromatic carbocycles. The summed E-state index contributed by atoms with van der Waals surface area (Å²) in [6.07, 6.45) is 8.94. The highest BCUT2D eigenvalue weighted by molar-refractivity contribution is 6.12. The first-order valence-electron chi connectivity index (χ1n) is 52.1. The number of anilines is 5. The SMILES string of the molecule is CC(C)(C)c1ccc2c(c1)C1(c3ccccc3-c3ccc(N(c4ccccc4-c4cccc5c4-c4ccccc4C5(C)Cc4ccc(C5(c6ccccc6)c6ccccc6-c6ccc(N(c7ccccc7-c7cccc8c7-c7ccccc7C8(C)C)C7C=CC(c8ccccc8-n8c9ccccc9c9ccccc98)=CC7)cc65)cc4)c4ccccc4-n4c5ccccc5c5ccccc54)cc31)c1cc(C(C)(C)C)ccc1-2. The summed E-state index contributed by atoms with van der Waals surface area (Å²) in [5.41, 5.74) is 49.8. The van der Waals surface area contributed by atoms with Crippen LogP contribution in [-0.2, 0) is 38.9 Å². The number of para-hydroxylation sites is 9. The second-order valence-corrected chi connectivity index (χ2v) is 44.1. The molecule has 0 amide bonds. The normalized spacial score (nSPS) is 16.5. The van der Waals surface area contributed by atoms with Crippen molar-refractivity contribution in [3.05, 3.63) is 562 Å². The topological polar surface area (TPSA) is 16.3 Å². The second kappa shape index (κ2) is 32.6. The molecular formula is C142H110N4. The third kappa shape index (κ3) is 12.6. The first-order valence-corrected chi connectivity index (χ1v) is 52.1. The van der Waals surface area contributed by atoms with E-state index in [2.05, 4.69) is 554 Å². The molecule has 0 bridgehead atoms. The number of allylic oxidation sites excluding steroid dienone is 2. The van der Waals surface area contributed by atoms with Crippen molar-refractivity contribution in [1.29, 1.82) is 0 Å². The lowest BCUT2D eigenvalue weighted by Crippen LogP contribution is -2.32. The average molecular weight is 1870 g/mol. The zero-order chi connectivity index (χ0) is 98.0. The van der Waals surface area contributed by atoms with E-state index in [9.17, 15) is 0 Å². The Hall–Kier alpha value is -16.9. The van der Waals surface area contributed by atoms with Crippen LogP contribution < -0.4 is 9.80 Å². The van der Waals surface area contributed by atoms with Gasteiger partial charge in [0.05, 0.1) is 61.7 Å². The minimum Gasteiger partial charge on any atom is -0.334 e. The highest BCUT2D eigenvalue weighted by Crippen LogP contribution is 2.67. The Bertz CT molecular complexity index is 9120. The van der Waals surface area contributed by atoms with Crippen molar-refractivity contribution in [3.8, 4) is 89.3 Å². The summed E-state index contributed by atoms with van der Waals surface area (Å²) >= 11 is 0. The molecule has 2 aromatic heterocycles. The summed E-state index contributed by atoms with van der Waals surface area (Å²) in [4.78, 5) is 5.32. The standard InChI is InChI=1S/C142H110N4/c1-137(2,3)94-75-81-102-103-82-76-95(138(4,5)6)86-123(103)142(122(102)85-94)119-57-27-14-43-101(119)105-84-80-98(88-125(105)142)144(133-67-35-36-68-134(133)146-131-65-33-20-46-108(131)109-47-21-34-66-132(109)146)128-62-30-23-49-111(128)113-53-38-59-121-136(113)115-51-16-25-55-117(115)140(121,9)89-90-69-73-93(74-70-90)141(92-39-11-10-12-40-92)118-56-26-13-42-100(118)104-83-79-97(87-124(104)141)143(127-61-29-22-48-110(127)112-52-37-58-120-135(112)114-50-15-24-54-116(114)139(120,7)8)96-77-71-91(72-78-96)99-41-17-28-60-126(99)145-129-63-31-18-44-106(129)107-45-19-32-64-130(107)145/h10-77,79-88,96H,78,89H2,1-9H3. The molecule has 6 aliphatic rings. The highest BCUT2D eigenvalue weighted by atomic mass is 15.2. The fourth-order valence-electron chi connectivity index (χ4n) is 27.3. The van der Waals surface area contributed by atoms with Gasteiger partial charge in [0.2, 0.25) is 0 Å². The van der Waals surface area contributed by atoms with Crippen LogP contribution in [0.15, 0.2) is 473 Å². The molecule has 0 saturated carbocycles. The van der Waals surface area contributed by atoms with Crippen LogP contribution in [-0.4, -0.2) is 15.2 Å². The quantitative estimate of drug-likeness (QED) is 0.102. The highest BCUT2D eigenvalue weighted by Gasteiger charge is 2.54. The first-order chi connectivity index (χ1) is 71.3. The van der Waals surface area contributed by atoms with Crippen molar-refractivity contribution in [2.75, 3.05) is 9.80 Å². The van der Waals surface area contributed by atoms with Crippen LogP contribution >= 0.6 is 0 Å². The van der Waals surface area contributed by atoms with Gasteiger partial charge in [0.1, 0.15) is 0 Å². The molecule has 0 N–H and O–H groups in total. The number of aromatic nitrogens is 2. The Kier molecular flexibility index (Phi) is 19.4. The average Bonchev–Trinajstić information content (AvgIpc) is 1.50. The van der Waals surface area contributed by atoms with Gasteiger partial charge < -0.3 is 18.9 Å². The van der Waals surface area contributed by atoms with Crippen LogP contribution in [0.2, 0.25) is 0 Å². The molecule has 4 nitrogen and oxygen atoms in total. The van der Waals surface area contributed by atoms with Gasteiger partial charge in [-0.1, -0.05) is 457 Å². The molecule has 28 rings (SSSR count). The van der Waals surface area contributed by atoms with E-state index in [-0.39, 0.29) is 22.3 Å². The molecule has 22 aromatic rings. The molecule has 0 radical (unpaired) electrons. The summed E-state index contributed by atoms with van der Waals surface area (Å²) < 4.78 is 4.99. The Balaban J connectivity index is 0.590. The molecule has 3 atom stereocenters. The molecule has 146 heavy (non-hydrogen) atoms. The lowest BCUT2D eigenvalue weighted by atomic mass is 9.67. The predicted octanol–water partition coefficient (Wildman–Crippen LogP) is 36.4. The van der Waals surface area contributed by atoms with Gasteiger partial charge in [-0.2, -0.15) is 0 Å². The molecule has 6 aliphatic carbocycles. The number of nitrogens with zero attached hydrogens (tertiary/aromatic N) is 4. The summed E-state index contributed by atoms with van der Waals surface area (Å²) in [6.45, 7) is 21.5. The lowest BCUT2D eigenvalue weighted by molar-refractivity contribution is 0.582. The molecule has 0 fully saturated rings. The van der Waals surface area contributed by atoms with Gasteiger partial charge in [0.15, 0.2) is 0 Å². The largest absolute Gasteiger partial charge is 0.334 e. The second-order valence-electron chi connectivity index (χ2n) is 44.1. The maximum atomic E-state index is 2.69. The van der Waals surface area contributed by atoms with E-state index >= 15 is 0 Å². The van der Waals surface area contributed by atoms with Crippen molar-refractivity contribution in [2.45, 2.75) is 114 Å². The molecule has 0 saturated heterocycles. The van der Waals surface area contributed by atoms with Gasteiger partial charge in [-0.3, -0.25) is 0 Å². The van der Waals surface area contributed by atoms with E-state index in [4.69, 9.17) is 0 Å². The Morgan fingerprint density at radius 2 is 0.658 bits per heavy atom. The van der Waals surface area contributed by atoms with Crippen LogP contribution in [0.1, 0.15) is 158 Å². The number of rotatable bonds is 15. The zero-order valence-electron chi connectivity index (χ0n) is 83.8. The Morgan fingerprint density at radius 1 is 0.274 bits per heavy atom. The smallest absolute Gasteiger partial charge is 0.0726 e. The molecular weight excluding hydrogens is 1760 g/mol. The van der Waals surface area contributed by atoms with Gasteiger partial charge in [-0.15, -0.1) is 0 Å². The van der Waals surface area contributed by atoms with E-state index in [0.717, 1.165) is 63.6 Å². The maximum absolute atomic E-state index is 2.69. The number of fused-ring (bicyclic) bond motifs is 25. The van der Waals surface area contributed by atoms with Crippen molar-refractivity contribution < 1.29 is 0 Å². The third-order valence-electron chi connectivity index (χ3n) is 33.9. The van der Waals surface area contributed by atoms with E-state index < -0.39 is 16.2 Å². The van der Waals surface area contributed by atoms with Crippen LogP contribution in [0.4, 0.5) is 28.4 Å². The van der Waals surface area contributed by atoms with Gasteiger partial charge in [-0.05, 0) is 258 Å². The molecule has 2 heterocycles. The number of benzene rings is 20. The molecule has 3 unspecified atom stereocenters. The summed E-state index contributed by atoms with van der Waals surface area (Å²) in [5.74, 6) is 0. The van der Waals surface area contributed by atoms with Crippen molar-refractivity contribution in [1.82, 2.24) is 9.13 Å². The van der Waals surface area contributed by atoms with E-state index in [1.807, 2.05) is 0 Å². The van der Waals surface area contributed by atoms with Gasteiger partial charge in [-0.25, -0.2) is 0 Å². The zero-order valence-corrected chi connectivity index (χ0v) is 83.8. The van der Waals surface area contributed by atoms with Gasteiger partial charge in [0.25, 0.3) is 0 Å². The monoisotopic (exact) mass is 1870 g/mol. The maximum Gasteiger partial charge on any atom is 0.0726 e. The third-order valence-corrected chi connectivity index (χ3v) is 33.9. The summed E-state index contributed by atoms with van der Waals surface area (Å²) in [6, 6.07) is 175. The van der Waals surface area contributed by atoms with Crippen molar-refractivity contribution in [3.63, 3.8) is 0 Å².